The van der Waals surface area contributed by atoms with Gasteiger partial charge in [-0.1, -0.05) is 0 Å². The molecule has 2 amide bonds. The fraction of sp³-hybridized carbons (Fsp3) is 0.357. The zero-order chi connectivity index (χ0) is 14.1. The van der Waals surface area contributed by atoms with Crippen molar-refractivity contribution in [1.82, 2.24) is 15.3 Å². The van der Waals surface area contributed by atoms with Gasteiger partial charge >= 0.3 is 6.03 Å². The third kappa shape index (κ3) is 2.24. The van der Waals surface area contributed by atoms with Gasteiger partial charge in [0.25, 0.3) is 0 Å². The van der Waals surface area contributed by atoms with E-state index in [4.69, 9.17) is 5.73 Å². The highest BCUT2D eigenvalue weighted by molar-refractivity contribution is 6.14. The van der Waals surface area contributed by atoms with E-state index in [1.807, 2.05) is 19.1 Å². The molecule has 0 aromatic carbocycles. The predicted octanol–water partition coefficient (Wildman–Crippen LogP) is 0.778. The Kier molecular flexibility index (Phi) is 3.14. The molecule has 0 saturated carbocycles. The van der Waals surface area contributed by atoms with Crippen molar-refractivity contribution < 1.29 is 4.79 Å². The molecular weight excluding hydrogens is 254 g/mol. The fourth-order valence-electron chi connectivity index (χ4n) is 2.64. The maximum atomic E-state index is 11.4. The molecule has 2 aliphatic heterocycles. The summed E-state index contributed by atoms with van der Waals surface area (Å²) in [5.74, 6) is 0. The maximum absolute atomic E-state index is 11.4. The average molecular weight is 271 g/mol. The lowest BCUT2D eigenvalue weighted by atomic mass is 9.92. The lowest BCUT2D eigenvalue weighted by Gasteiger charge is -2.32. The number of rotatable bonds is 1. The normalized spacial score (nSPS) is 18.2. The molecule has 1 aromatic heterocycles. The molecule has 1 aromatic rings. The van der Waals surface area contributed by atoms with E-state index in [9.17, 15) is 4.79 Å². The van der Waals surface area contributed by atoms with Crippen LogP contribution in [0.15, 0.2) is 34.6 Å². The smallest absolute Gasteiger partial charge is 0.315 e. The second-order valence-corrected chi connectivity index (χ2v) is 5.07. The Morgan fingerprint density at radius 3 is 3.10 bits per heavy atom. The van der Waals surface area contributed by atoms with E-state index >= 15 is 0 Å². The van der Waals surface area contributed by atoms with Crippen LogP contribution in [0.25, 0.3) is 0 Å². The first-order valence-electron chi connectivity index (χ1n) is 6.64. The van der Waals surface area contributed by atoms with Crippen molar-refractivity contribution in [3.63, 3.8) is 0 Å². The van der Waals surface area contributed by atoms with Gasteiger partial charge in [0.05, 0.1) is 12.3 Å². The van der Waals surface area contributed by atoms with Gasteiger partial charge in [0, 0.05) is 36.1 Å². The van der Waals surface area contributed by atoms with Gasteiger partial charge in [-0.2, -0.15) is 5.10 Å². The van der Waals surface area contributed by atoms with E-state index in [1.165, 1.54) is 5.57 Å². The lowest BCUT2D eigenvalue weighted by Crippen LogP contribution is -2.44. The summed E-state index contributed by atoms with van der Waals surface area (Å²) in [6.45, 7) is 3.91. The average Bonchev–Trinajstić information content (AvgIpc) is 2.46. The SMILES string of the molecule is Cc1cc(C2=NNCC3=C2CN(C(N)=O)CC3)ccn1. The number of pyridine rings is 1. The summed E-state index contributed by atoms with van der Waals surface area (Å²) in [5, 5.41) is 4.42. The van der Waals surface area contributed by atoms with E-state index in [1.54, 1.807) is 11.1 Å². The second-order valence-electron chi connectivity index (χ2n) is 5.07. The van der Waals surface area contributed by atoms with Crippen molar-refractivity contribution >= 4 is 11.7 Å². The number of carbonyl (C=O) groups is 1. The van der Waals surface area contributed by atoms with Crippen LogP contribution in [-0.2, 0) is 0 Å². The molecule has 0 aliphatic carbocycles. The summed E-state index contributed by atoms with van der Waals surface area (Å²) >= 11 is 0. The molecule has 104 valence electrons. The van der Waals surface area contributed by atoms with Gasteiger partial charge in [0.15, 0.2) is 0 Å². The number of urea groups is 1. The molecule has 0 saturated heterocycles. The summed E-state index contributed by atoms with van der Waals surface area (Å²) in [4.78, 5) is 17.3. The van der Waals surface area contributed by atoms with Crippen LogP contribution in [0.1, 0.15) is 17.7 Å². The lowest BCUT2D eigenvalue weighted by molar-refractivity contribution is 0.210. The summed E-state index contributed by atoms with van der Waals surface area (Å²) in [6.07, 6.45) is 2.62. The number of hydrazone groups is 1. The van der Waals surface area contributed by atoms with Crippen molar-refractivity contribution in [2.24, 2.45) is 10.8 Å². The number of aromatic nitrogens is 1. The Morgan fingerprint density at radius 2 is 2.35 bits per heavy atom. The van der Waals surface area contributed by atoms with E-state index in [0.29, 0.717) is 13.1 Å². The first kappa shape index (κ1) is 12.7. The molecule has 0 unspecified atom stereocenters. The van der Waals surface area contributed by atoms with Gasteiger partial charge in [-0.25, -0.2) is 4.79 Å². The number of hydrogen-bond donors (Lipinski definition) is 2. The maximum Gasteiger partial charge on any atom is 0.315 e. The highest BCUT2D eigenvalue weighted by Gasteiger charge is 2.27. The molecule has 3 N–H and O–H groups in total. The minimum absolute atomic E-state index is 0.375. The Bertz CT molecular complexity index is 620. The molecule has 0 spiro atoms. The first-order valence-corrected chi connectivity index (χ1v) is 6.64. The van der Waals surface area contributed by atoms with E-state index in [-0.39, 0.29) is 6.03 Å². The number of carbonyl (C=O) groups excluding carboxylic acids is 1. The topological polar surface area (TPSA) is 83.6 Å². The van der Waals surface area contributed by atoms with Crippen LogP contribution in [0.3, 0.4) is 0 Å². The molecule has 0 atom stereocenters. The van der Waals surface area contributed by atoms with Gasteiger partial charge in [0.2, 0.25) is 0 Å². The summed E-state index contributed by atoms with van der Waals surface area (Å²) in [5.41, 5.74) is 13.7. The van der Waals surface area contributed by atoms with Crippen LogP contribution in [0.4, 0.5) is 4.79 Å². The monoisotopic (exact) mass is 271 g/mol. The van der Waals surface area contributed by atoms with Crippen LogP contribution in [0.5, 0.6) is 0 Å². The quantitative estimate of drug-likeness (QED) is 0.791. The molecule has 0 radical (unpaired) electrons. The Labute approximate surface area is 117 Å². The fourth-order valence-corrected chi connectivity index (χ4v) is 2.64. The van der Waals surface area contributed by atoms with Gasteiger partial charge in [-0.05, 0) is 31.1 Å². The van der Waals surface area contributed by atoms with E-state index < -0.39 is 0 Å². The van der Waals surface area contributed by atoms with E-state index in [0.717, 1.165) is 35.5 Å². The number of aryl methyl sites for hydroxylation is 1. The van der Waals surface area contributed by atoms with Gasteiger partial charge in [-0.15, -0.1) is 0 Å². The number of nitrogens with zero attached hydrogens (tertiary/aromatic N) is 3. The zero-order valence-corrected chi connectivity index (χ0v) is 11.4. The van der Waals surface area contributed by atoms with Crippen molar-refractivity contribution in [2.45, 2.75) is 13.3 Å². The number of nitrogens with two attached hydrogens (primary N) is 1. The van der Waals surface area contributed by atoms with Crippen LogP contribution >= 0.6 is 0 Å². The molecular formula is C14H17N5O. The molecule has 6 heteroatoms. The molecule has 20 heavy (non-hydrogen) atoms. The number of primary amides is 1. The Morgan fingerprint density at radius 1 is 1.50 bits per heavy atom. The standard InChI is InChI=1S/C14H17N5O/c1-9-6-10(2-4-16-9)13-12-8-19(14(15)20)5-3-11(12)7-17-18-13/h2,4,6,17H,3,5,7-8H2,1H3,(H2,15,20). The largest absolute Gasteiger partial charge is 0.351 e. The zero-order valence-electron chi connectivity index (χ0n) is 11.4. The Balaban J connectivity index is 1.97. The molecule has 3 heterocycles. The minimum Gasteiger partial charge on any atom is -0.351 e. The first-order chi connectivity index (χ1) is 9.65. The van der Waals surface area contributed by atoms with Gasteiger partial charge < -0.3 is 16.1 Å². The predicted molar refractivity (Wildman–Crippen MR) is 76.3 cm³/mol. The Hall–Kier alpha value is -2.37. The van der Waals surface area contributed by atoms with E-state index in [2.05, 4.69) is 15.5 Å². The summed E-state index contributed by atoms with van der Waals surface area (Å²) in [7, 11) is 0. The van der Waals surface area contributed by atoms with Crippen LogP contribution < -0.4 is 11.2 Å². The highest BCUT2D eigenvalue weighted by atomic mass is 16.2. The number of amides is 2. The van der Waals surface area contributed by atoms with Crippen LogP contribution in [0.2, 0.25) is 0 Å². The summed E-state index contributed by atoms with van der Waals surface area (Å²) in [6, 6.07) is 3.56. The second kappa shape index (κ2) is 4.96. The van der Waals surface area contributed by atoms with Crippen LogP contribution in [-0.4, -0.2) is 41.3 Å². The van der Waals surface area contributed by atoms with Gasteiger partial charge in [0.1, 0.15) is 0 Å². The van der Waals surface area contributed by atoms with Gasteiger partial charge in [-0.3, -0.25) is 4.98 Å². The molecule has 3 rings (SSSR count). The molecule has 2 aliphatic rings. The van der Waals surface area contributed by atoms with Crippen molar-refractivity contribution in [2.75, 3.05) is 19.6 Å². The third-order valence-electron chi connectivity index (χ3n) is 3.71. The van der Waals surface area contributed by atoms with Crippen LogP contribution in [0, 0.1) is 6.92 Å². The van der Waals surface area contributed by atoms with Crippen molar-refractivity contribution in [1.29, 1.82) is 0 Å². The minimum atomic E-state index is -0.375. The molecule has 6 nitrogen and oxygen atoms in total. The van der Waals surface area contributed by atoms with Crippen molar-refractivity contribution in [3.8, 4) is 0 Å². The molecule has 0 bridgehead atoms. The summed E-state index contributed by atoms with van der Waals surface area (Å²) < 4.78 is 0. The number of nitrogens with one attached hydrogen (secondary N) is 1. The highest BCUT2D eigenvalue weighted by Crippen LogP contribution is 2.24. The number of hydrogen-bond acceptors (Lipinski definition) is 4. The van der Waals surface area contributed by atoms with Crippen molar-refractivity contribution in [3.05, 3.63) is 40.7 Å². The molecule has 0 fully saturated rings. The third-order valence-corrected chi connectivity index (χ3v) is 3.71.